The molecule has 0 unspecified atom stereocenters. The zero-order valence-electron chi connectivity index (χ0n) is 17.1. The first kappa shape index (κ1) is 22.3. The summed E-state index contributed by atoms with van der Waals surface area (Å²) in [6.07, 6.45) is 0. The van der Waals surface area contributed by atoms with E-state index in [1.54, 1.807) is 7.11 Å². The van der Waals surface area contributed by atoms with Gasteiger partial charge in [-0.1, -0.05) is 53.7 Å². The Morgan fingerprint density at radius 3 is 2.53 bits per heavy atom. The number of ether oxygens (including phenoxy) is 1. The van der Waals surface area contributed by atoms with Crippen molar-refractivity contribution in [3.05, 3.63) is 65.2 Å². The molecule has 3 rings (SSSR count). The van der Waals surface area contributed by atoms with Crippen LogP contribution in [0.4, 0.5) is 0 Å². The number of rotatable bonds is 10. The topological polar surface area (TPSA) is 60.2 Å². The zero-order chi connectivity index (χ0) is 21.3. The van der Waals surface area contributed by atoms with Gasteiger partial charge >= 0.3 is 0 Å². The van der Waals surface area contributed by atoms with E-state index in [0.717, 1.165) is 22.1 Å². The van der Waals surface area contributed by atoms with Gasteiger partial charge in [-0.15, -0.1) is 10.2 Å². The molecule has 1 heterocycles. The van der Waals surface area contributed by atoms with Gasteiger partial charge in [0.2, 0.25) is 5.91 Å². The predicted molar refractivity (Wildman–Crippen MR) is 121 cm³/mol. The lowest BCUT2D eigenvalue weighted by atomic mass is 10.2. The summed E-state index contributed by atoms with van der Waals surface area (Å²) in [6.45, 7) is 4.34. The molecule has 0 saturated heterocycles. The van der Waals surface area contributed by atoms with Crippen molar-refractivity contribution in [1.29, 1.82) is 0 Å². The molecule has 0 bridgehead atoms. The number of nitrogens with zero attached hydrogens (tertiary/aromatic N) is 4. The summed E-state index contributed by atoms with van der Waals surface area (Å²) in [7, 11) is 1.64. The van der Waals surface area contributed by atoms with Crippen LogP contribution in [-0.2, 0) is 22.6 Å². The third-order valence-corrected chi connectivity index (χ3v) is 5.80. The van der Waals surface area contributed by atoms with Gasteiger partial charge in [0.1, 0.15) is 0 Å². The molecule has 8 heteroatoms. The van der Waals surface area contributed by atoms with E-state index in [1.807, 2.05) is 71.0 Å². The first-order valence-corrected chi connectivity index (χ1v) is 11.1. The van der Waals surface area contributed by atoms with Gasteiger partial charge in [-0.2, -0.15) is 0 Å². The van der Waals surface area contributed by atoms with E-state index in [9.17, 15) is 4.79 Å². The van der Waals surface area contributed by atoms with Crippen LogP contribution in [0.25, 0.3) is 11.4 Å². The molecule has 0 spiro atoms. The molecule has 0 aliphatic carbocycles. The third-order valence-electron chi connectivity index (χ3n) is 4.59. The molecule has 0 radical (unpaired) electrons. The second kappa shape index (κ2) is 11.2. The minimum Gasteiger partial charge on any atom is -0.383 e. The van der Waals surface area contributed by atoms with Crippen molar-refractivity contribution < 1.29 is 9.53 Å². The van der Waals surface area contributed by atoms with Crippen molar-refractivity contribution in [3.63, 3.8) is 0 Å². The van der Waals surface area contributed by atoms with Crippen LogP contribution in [0.15, 0.2) is 59.8 Å². The highest BCUT2D eigenvalue weighted by Crippen LogP contribution is 2.25. The second-order valence-electron chi connectivity index (χ2n) is 6.64. The summed E-state index contributed by atoms with van der Waals surface area (Å²) in [5, 5.41) is 10.0. The highest BCUT2D eigenvalue weighted by Gasteiger charge is 2.18. The van der Waals surface area contributed by atoms with Crippen molar-refractivity contribution in [2.75, 3.05) is 26.0 Å². The van der Waals surface area contributed by atoms with Crippen LogP contribution in [0, 0.1) is 0 Å². The quantitative estimate of drug-likeness (QED) is 0.434. The molecule has 0 aliphatic rings. The Morgan fingerprint density at radius 2 is 1.87 bits per heavy atom. The van der Waals surface area contributed by atoms with Crippen molar-refractivity contribution in [2.45, 2.75) is 25.2 Å². The van der Waals surface area contributed by atoms with Crippen LogP contribution < -0.4 is 0 Å². The third kappa shape index (κ3) is 5.84. The fourth-order valence-electron chi connectivity index (χ4n) is 3.01. The molecule has 0 saturated carbocycles. The minimum absolute atomic E-state index is 0.0413. The van der Waals surface area contributed by atoms with Crippen molar-refractivity contribution >= 4 is 29.3 Å². The van der Waals surface area contributed by atoms with Crippen molar-refractivity contribution in [3.8, 4) is 11.4 Å². The van der Waals surface area contributed by atoms with Gasteiger partial charge in [-0.05, 0) is 36.8 Å². The van der Waals surface area contributed by atoms with Gasteiger partial charge in [0.15, 0.2) is 11.0 Å². The lowest BCUT2D eigenvalue weighted by Gasteiger charge is -2.22. The van der Waals surface area contributed by atoms with E-state index in [-0.39, 0.29) is 11.7 Å². The van der Waals surface area contributed by atoms with Gasteiger partial charge in [0.05, 0.1) is 12.4 Å². The minimum atomic E-state index is 0.0413. The van der Waals surface area contributed by atoms with Crippen LogP contribution in [-0.4, -0.2) is 51.6 Å². The molecule has 0 N–H and O–H groups in total. The van der Waals surface area contributed by atoms with Crippen LogP contribution in [0.1, 0.15) is 12.5 Å². The molecule has 158 valence electrons. The number of carbonyl (C=O) groups excluding carboxylic acids is 1. The average molecular weight is 445 g/mol. The maximum Gasteiger partial charge on any atom is 0.233 e. The number of amides is 1. The van der Waals surface area contributed by atoms with Crippen LogP contribution in [0.2, 0.25) is 5.02 Å². The lowest BCUT2D eigenvalue weighted by molar-refractivity contribution is -0.129. The number of hydrogen-bond acceptors (Lipinski definition) is 5. The van der Waals surface area contributed by atoms with Gasteiger partial charge in [-0.3, -0.25) is 4.79 Å². The Balaban J connectivity index is 1.69. The standard InChI is InChI=1S/C22H25ClN4O2S/c1-3-27-21(18-9-11-19(23)12-10-18)24-25-22(27)30-16-20(28)26(13-14-29-2)15-17-7-5-4-6-8-17/h4-12H,3,13-16H2,1-2H3. The molecular formula is C22H25ClN4O2S. The van der Waals surface area contributed by atoms with E-state index in [0.29, 0.717) is 31.3 Å². The number of hydrogen-bond donors (Lipinski definition) is 0. The molecule has 3 aromatic rings. The molecular weight excluding hydrogens is 420 g/mol. The fourth-order valence-corrected chi connectivity index (χ4v) is 4.04. The molecule has 0 aliphatic heterocycles. The average Bonchev–Trinajstić information content (AvgIpc) is 3.19. The Kier molecular flexibility index (Phi) is 8.30. The molecule has 6 nitrogen and oxygen atoms in total. The van der Waals surface area contributed by atoms with E-state index >= 15 is 0 Å². The number of halogens is 1. The van der Waals surface area contributed by atoms with Gasteiger partial charge in [-0.25, -0.2) is 0 Å². The number of carbonyl (C=O) groups is 1. The van der Waals surface area contributed by atoms with E-state index in [1.165, 1.54) is 11.8 Å². The highest BCUT2D eigenvalue weighted by molar-refractivity contribution is 7.99. The van der Waals surface area contributed by atoms with Gasteiger partial charge < -0.3 is 14.2 Å². The Labute approximate surface area is 186 Å². The SMILES string of the molecule is CCn1c(SCC(=O)N(CCOC)Cc2ccccc2)nnc1-c1ccc(Cl)cc1. The summed E-state index contributed by atoms with van der Waals surface area (Å²) in [6, 6.07) is 17.5. The number of benzene rings is 2. The van der Waals surface area contributed by atoms with Gasteiger partial charge in [0.25, 0.3) is 0 Å². The maximum atomic E-state index is 12.9. The molecule has 30 heavy (non-hydrogen) atoms. The second-order valence-corrected chi connectivity index (χ2v) is 8.02. The van der Waals surface area contributed by atoms with E-state index < -0.39 is 0 Å². The first-order valence-electron chi connectivity index (χ1n) is 9.75. The molecule has 2 aromatic carbocycles. The summed E-state index contributed by atoms with van der Waals surface area (Å²) >= 11 is 7.39. The Bertz CT molecular complexity index is 948. The van der Waals surface area contributed by atoms with Crippen LogP contribution in [0.3, 0.4) is 0 Å². The summed E-state index contributed by atoms with van der Waals surface area (Å²) in [4.78, 5) is 14.7. The number of thioether (sulfide) groups is 1. The van der Waals surface area contributed by atoms with Crippen LogP contribution in [0.5, 0.6) is 0 Å². The normalized spacial score (nSPS) is 10.9. The Morgan fingerprint density at radius 1 is 1.13 bits per heavy atom. The maximum absolute atomic E-state index is 12.9. The van der Waals surface area contributed by atoms with Crippen LogP contribution >= 0.6 is 23.4 Å². The van der Waals surface area contributed by atoms with Gasteiger partial charge in [0, 0.05) is 37.3 Å². The summed E-state index contributed by atoms with van der Waals surface area (Å²) in [5.41, 5.74) is 2.03. The lowest BCUT2D eigenvalue weighted by Crippen LogP contribution is -2.34. The molecule has 0 atom stereocenters. The van der Waals surface area contributed by atoms with Crippen molar-refractivity contribution in [2.24, 2.45) is 0 Å². The van der Waals surface area contributed by atoms with E-state index in [4.69, 9.17) is 16.3 Å². The first-order chi connectivity index (χ1) is 14.6. The Hall–Kier alpha value is -2.35. The fraction of sp³-hybridized carbons (Fsp3) is 0.318. The summed E-state index contributed by atoms with van der Waals surface area (Å²) < 4.78 is 7.20. The summed E-state index contributed by atoms with van der Waals surface area (Å²) in [5.74, 6) is 1.10. The highest BCUT2D eigenvalue weighted by atomic mass is 35.5. The number of methoxy groups -OCH3 is 1. The van der Waals surface area contributed by atoms with E-state index in [2.05, 4.69) is 10.2 Å². The number of aromatic nitrogens is 3. The largest absolute Gasteiger partial charge is 0.383 e. The predicted octanol–water partition coefficient (Wildman–Crippen LogP) is 4.39. The van der Waals surface area contributed by atoms with Crippen molar-refractivity contribution in [1.82, 2.24) is 19.7 Å². The molecule has 1 aromatic heterocycles. The molecule has 1 amide bonds. The molecule has 0 fully saturated rings. The smallest absolute Gasteiger partial charge is 0.233 e. The zero-order valence-corrected chi connectivity index (χ0v) is 18.7. The monoisotopic (exact) mass is 444 g/mol.